The average molecular weight is 294 g/mol. The van der Waals surface area contributed by atoms with E-state index in [9.17, 15) is 0 Å². The minimum Gasteiger partial charge on any atom is -0.354 e. The van der Waals surface area contributed by atoms with Crippen LogP contribution in [0.3, 0.4) is 0 Å². The monoisotopic (exact) mass is 294 g/mol. The zero-order valence-corrected chi connectivity index (χ0v) is 13.8. The number of guanidine groups is 1. The maximum Gasteiger partial charge on any atom is 0.191 e. The summed E-state index contributed by atoms with van der Waals surface area (Å²) in [6, 6.07) is 0.586. The topological polar surface area (TPSA) is 49.3 Å². The van der Waals surface area contributed by atoms with Crippen LogP contribution in [-0.4, -0.2) is 24.0 Å². The Morgan fingerprint density at radius 2 is 2.10 bits per heavy atom. The largest absolute Gasteiger partial charge is 0.354 e. The van der Waals surface area contributed by atoms with Gasteiger partial charge in [0, 0.05) is 23.9 Å². The molecule has 1 aromatic heterocycles. The first-order valence-electron chi connectivity index (χ1n) is 7.41. The fourth-order valence-electron chi connectivity index (χ4n) is 2.35. The van der Waals surface area contributed by atoms with Crippen molar-refractivity contribution < 1.29 is 0 Å². The molecule has 0 atom stereocenters. The van der Waals surface area contributed by atoms with Crippen LogP contribution in [0.1, 0.15) is 57.2 Å². The molecule has 112 valence electrons. The molecule has 20 heavy (non-hydrogen) atoms. The number of thiazole rings is 1. The van der Waals surface area contributed by atoms with E-state index in [1.807, 2.05) is 7.05 Å². The van der Waals surface area contributed by atoms with Gasteiger partial charge in [0.1, 0.15) is 5.01 Å². The summed E-state index contributed by atoms with van der Waals surface area (Å²) >= 11 is 1.72. The van der Waals surface area contributed by atoms with Crippen LogP contribution < -0.4 is 10.6 Å². The van der Waals surface area contributed by atoms with Crippen molar-refractivity contribution in [3.05, 3.63) is 16.1 Å². The van der Waals surface area contributed by atoms with Gasteiger partial charge >= 0.3 is 0 Å². The van der Waals surface area contributed by atoms with Crippen LogP contribution in [0.25, 0.3) is 0 Å². The first-order valence-corrected chi connectivity index (χ1v) is 8.29. The van der Waals surface area contributed by atoms with Crippen LogP contribution in [0.4, 0.5) is 0 Å². The highest BCUT2D eigenvalue weighted by molar-refractivity contribution is 7.09. The van der Waals surface area contributed by atoms with Gasteiger partial charge in [-0.15, -0.1) is 11.3 Å². The van der Waals surface area contributed by atoms with Gasteiger partial charge in [-0.3, -0.25) is 4.99 Å². The Labute approximate surface area is 126 Å². The molecule has 1 aromatic rings. The predicted molar refractivity (Wildman–Crippen MR) is 86.4 cm³/mol. The molecule has 2 rings (SSSR count). The highest BCUT2D eigenvalue weighted by Crippen LogP contribution is 2.23. The van der Waals surface area contributed by atoms with Crippen molar-refractivity contribution in [2.75, 3.05) is 7.05 Å². The molecule has 1 fully saturated rings. The summed E-state index contributed by atoms with van der Waals surface area (Å²) in [7, 11) is 1.83. The van der Waals surface area contributed by atoms with E-state index in [1.54, 1.807) is 11.3 Å². The number of aromatic nitrogens is 1. The quantitative estimate of drug-likeness (QED) is 0.665. The van der Waals surface area contributed by atoms with Crippen molar-refractivity contribution in [2.45, 2.75) is 64.5 Å². The molecule has 0 aromatic carbocycles. The van der Waals surface area contributed by atoms with Crippen molar-refractivity contribution in [1.82, 2.24) is 15.6 Å². The lowest BCUT2D eigenvalue weighted by Gasteiger charge is -2.16. The first-order chi connectivity index (χ1) is 9.49. The second-order valence-electron chi connectivity index (χ2n) is 6.43. The summed E-state index contributed by atoms with van der Waals surface area (Å²) in [5.74, 6) is 0.893. The smallest absolute Gasteiger partial charge is 0.191 e. The zero-order chi connectivity index (χ0) is 14.6. The Morgan fingerprint density at radius 1 is 1.40 bits per heavy atom. The molecule has 0 aliphatic heterocycles. The minimum atomic E-state index is 0.124. The number of hydrogen-bond donors (Lipinski definition) is 2. The van der Waals surface area contributed by atoms with Crippen molar-refractivity contribution in [3.63, 3.8) is 0 Å². The molecule has 1 saturated carbocycles. The van der Waals surface area contributed by atoms with Crippen LogP contribution in [-0.2, 0) is 12.0 Å². The molecule has 2 N–H and O–H groups in total. The van der Waals surface area contributed by atoms with E-state index in [0.717, 1.165) is 23.2 Å². The predicted octanol–water partition coefficient (Wildman–Crippen LogP) is 3.05. The SMILES string of the molecule is CN=C(NCc1nc(C(C)(C)C)cs1)NC1CCCC1. The van der Waals surface area contributed by atoms with Gasteiger partial charge in [-0.1, -0.05) is 33.6 Å². The molecule has 0 amide bonds. The summed E-state index contributed by atoms with van der Waals surface area (Å²) in [6.45, 7) is 7.33. The van der Waals surface area contributed by atoms with Crippen molar-refractivity contribution in [2.24, 2.45) is 4.99 Å². The third-order valence-corrected chi connectivity index (χ3v) is 4.50. The van der Waals surface area contributed by atoms with E-state index in [1.165, 1.54) is 25.7 Å². The molecule has 1 heterocycles. The maximum atomic E-state index is 4.69. The third kappa shape index (κ3) is 4.20. The molecule has 0 unspecified atom stereocenters. The van der Waals surface area contributed by atoms with Crippen LogP contribution in [0.5, 0.6) is 0 Å². The standard InChI is InChI=1S/C15H26N4S/c1-15(2,3)12-10-20-13(19-12)9-17-14(16-4)18-11-7-5-6-8-11/h10-11H,5-9H2,1-4H3,(H2,16,17,18). The molecule has 1 aliphatic rings. The van der Waals surface area contributed by atoms with Gasteiger partial charge in [0.2, 0.25) is 0 Å². The highest BCUT2D eigenvalue weighted by Gasteiger charge is 2.18. The van der Waals surface area contributed by atoms with Crippen molar-refractivity contribution in [1.29, 1.82) is 0 Å². The van der Waals surface area contributed by atoms with E-state index < -0.39 is 0 Å². The summed E-state index contributed by atoms with van der Waals surface area (Å²) in [6.07, 6.45) is 5.17. The van der Waals surface area contributed by atoms with Gasteiger partial charge in [0.25, 0.3) is 0 Å². The van der Waals surface area contributed by atoms with E-state index in [4.69, 9.17) is 4.98 Å². The number of rotatable bonds is 3. The normalized spacial score (nSPS) is 17.5. The minimum absolute atomic E-state index is 0.124. The number of nitrogens with zero attached hydrogens (tertiary/aromatic N) is 2. The molecule has 0 bridgehead atoms. The second-order valence-corrected chi connectivity index (χ2v) is 7.37. The summed E-state index contributed by atoms with van der Waals surface area (Å²) < 4.78 is 0. The maximum absolute atomic E-state index is 4.69. The molecule has 4 nitrogen and oxygen atoms in total. The van der Waals surface area contributed by atoms with E-state index >= 15 is 0 Å². The Kier molecular flexibility index (Phi) is 5.02. The lowest BCUT2D eigenvalue weighted by atomic mass is 9.93. The molecule has 0 spiro atoms. The third-order valence-electron chi connectivity index (χ3n) is 3.65. The van der Waals surface area contributed by atoms with Gasteiger partial charge in [-0.25, -0.2) is 4.98 Å². The number of hydrogen-bond acceptors (Lipinski definition) is 3. The van der Waals surface area contributed by atoms with Gasteiger partial charge in [0.15, 0.2) is 5.96 Å². The lowest BCUT2D eigenvalue weighted by molar-refractivity contribution is 0.570. The van der Waals surface area contributed by atoms with Crippen LogP contribution in [0.2, 0.25) is 0 Å². The van der Waals surface area contributed by atoms with E-state index in [2.05, 4.69) is 41.8 Å². The Balaban J connectivity index is 1.85. The molecule has 0 saturated heterocycles. The van der Waals surface area contributed by atoms with Crippen molar-refractivity contribution >= 4 is 17.3 Å². The fraction of sp³-hybridized carbons (Fsp3) is 0.733. The zero-order valence-electron chi connectivity index (χ0n) is 13.0. The molecule has 1 aliphatic carbocycles. The number of nitrogens with one attached hydrogen (secondary N) is 2. The Bertz CT molecular complexity index is 453. The summed E-state index contributed by atoms with van der Waals surface area (Å²) in [4.78, 5) is 8.99. The van der Waals surface area contributed by atoms with Crippen molar-refractivity contribution in [3.8, 4) is 0 Å². The first kappa shape index (κ1) is 15.3. The van der Waals surface area contributed by atoms with Gasteiger partial charge in [-0.05, 0) is 12.8 Å². The van der Waals surface area contributed by atoms with E-state index in [0.29, 0.717) is 6.04 Å². The van der Waals surface area contributed by atoms with Crippen LogP contribution in [0.15, 0.2) is 10.4 Å². The van der Waals surface area contributed by atoms with Crippen LogP contribution >= 0.6 is 11.3 Å². The molecule has 5 heteroatoms. The molecular weight excluding hydrogens is 268 g/mol. The van der Waals surface area contributed by atoms with Crippen LogP contribution in [0, 0.1) is 0 Å². The lowest BCUT2D eigenvalue weighted by Crippen LogP contribution is -2.41. The fourth-order valence-corrected chi connectivity index (χ4v) is 3.31. The average Bonchev–Trinajstić information content (AvgIpc) is 3.04. The summed E-state index contributed by atoms with van der Waals surface area (Å²) in [5.41, 5.74) is 1.29. The van der Waals surface area contributed by atoms with Gasteiger partial charge < -0.3 is 10.6 Å². The Morgan fingerprint density at radius 3 is 2.65 bits per heavy atom. The second kappa shape index (κ2) is 6.57. The molecular formula is C15H26N4S. The van der Waals surface area contributed by atoms with E-state index in [-0.39, 0.29) is 5.41 Å². The highest BCUT2D eigenvalue weighted by atomic mass is 32.1. The Hall–Kier alpha value is -1.10. The van der Waals surface area contributed by atoms with Gasteiger partial charge in [0.05, 0.1) is 12.2 Å². The molecule has 0 radical (unpaired) electrons. The van der Waals surface area contributed by atoms with Gasteiger partial charge in [-0.2, -0.15) is 0 Å². The summed E-state index contributed by atoms with van der Waals surface area (Å²) in [5, 5.41) is 10.1. The number of aliphatic imine (C=N–C) groups is 1.